The molecule has 0 unspecified atom stereocenters. The van der Waals surface area contributed by atoms with Gasteiger partial charge in [0.2, 0.25) is 0 Å². The second-order valence-corrected chi connectivity index (χ2v) is 9.84. The number of ketones is 1. The lowest BCUT2D eigenvalue weighted by molar-refractivity contribution is 0.0987. The van der Waals surface area contributed by atoms with Gasteiger partial charge in [-0.15, -0.1) is 0 Å². The fourth-order valence-corrected chi connectivity index (χ4v) is 4.99. The Labute approximate surface area is 228 Å². The quantitative estimate of drug-likeness (QED) is 0.271. The number of hydrogen-bond donors (Lipinski definition) is 0. The molecule has 5 aromatic rings. The number of aromatic nitrogens is 5. The Hall–Kier alpha value is -4.08. The largest absolute Gasteiger partial charge is 0.492 e. The summed E-state index contributed by atoms with van der Waals surface area (Å²) in [7, 11) is 2.16. The zero-order chi connectivity index (χ0) is 25.9. The highest BCUT2D eigenvalue weighted by molar-refractivity contribution is 5.99. The van der Waals surface area contributed by atoms with Crippen molar-refractivity contribution in [3.8, 4) is 5.75 Å². The number of ether oxygens (including phenoxy) is 1. The number of rotatable bonds is 9. The lowest BCUT2D eigenvalue weighted by atomic mass is 10.0. The maximum absolute atomic E-state index is 13.3. The zero-order valence-corrected chi connectivity index (χ0v) is 21.5. The van der Waals surface area contributed by atoms with Crippen LogP contribution in [0.25, 0.3) is 16.6 Å². The highest BCUT2D eigenvalue weighted by Crippen LogP contribution is 2.22. The lowest BCUT2D eigenvalue weighted by Crippen LogP contribution is -2.45. The molecule has 9 heteroatoms. The molecule has 0 aliphatic carbocycles. The van der Waals surface area contributed by atoms with Crippen molar-refractivity contribution in [2.75, 3.05) is 46.4 Å². The van der Waals surface area contributed by atoms with Crippen LogP contribution in [0.4, 0.5) is 0 Å². The predicted octanol–water partition coefficient (Wildman–Crippen LogP) is 3.82. The van der Waals surface area contributed by atoms with Gasteiger partial charge in [-0.3, -0.25) is 23.8 Å². The molecule has 39 heavy (non-hydrogen) atoms. The molecule has 202 valence electrons. The van der Waals surface area contributed by atoms with Gasteiger partial charge in [-0.1, -0.05) is 25.6 Å². The van der Waals surface area contributed by atoms with Gasteiger partial charge in [0, 0.05) is 69.2 Å². The summed E-state index contributed by atoms with van der Waals surface area (Å²) in [4.78, 5) is 26.8. The molecular weight excluding hydrogens is 490 g/mol. The summed E-state index contributed by atoms with van der Waals surface area (Å²) in [6.45, 7) is 6.50. The third kappa shape index (κ3) is 5.84. The van der Waals surface area contributed by atoms with Crippen LogP contribution in [0.15, 0.2) is 73.4 Å². The van der Waals surface area contributed by atoms with Crippen molar-refractivity contribution in [1.82, 2.24) is 33.9 Å². The number of imidazole rings is 1. The van der Waals surface area contributed by atoms with Gasteiger partial charge in [0.05, 0.1) is 24.5 Å². The van der Waals surface area contributed by atoms with Crippen LogP contribution in [0.5, 0.6) is 5.75 Å². The molecule has 0 saturated carbocycles. The summed E-state index contributed by atoms with van der Waals surface area (Å²) in [5.41, 5.74) is 4.28. The zero-order valence-electron chi connectivity index (χ0n) is 21.5. The summed E-state index contributed by atoms with van der Waals surface area (Å²) < 4.78 is 9.77. The monoisotopic (exact) mass is 525 g/mol. The van der Waals surface area contributed by atoms with E-state index in [-0.39, 0.29) is 19.6 Å². The molecule has 5 heterocycles. The van der Waals surface area contributed by atoms with E-state index in [1.807, 2.05) is 70.1 Å². The first kappa shape index (κ1) is 26.5. The van der Waals surface area contributed by atoms with E-state index in [1.165, 1.54) is 0 Å². The van der Waals surface area contributed by atoms with Crippen LogP contribution in [0.1, 0.15) is 29.0 Å². The number of pyridine rings is 2. The summed E-state index contributed by atoms with van der Waals surface area (Å²) in [5, 5.41) is 5.56. The number of Topliss-reactive ketones (excluding diaryl/α,β-unsaturated/α-hetero) is 1. The number of benzene rings is 1. The van der Waals surface area contributed by atoms with E-state index in [2.05, 4.69) is 31.9 Å². The van der Waals surface area contributed by atoms with Gasteiger partial charge >= 0.3 is 0 Å². The molecule has 0 spiro atoms. The molecule has 1 saturated heterocycles. The smallest absolute Gasteiger partial charge is 0.185 e. The molecule has 1 fully saturated rings. The van der Waals surface area contributed by atoms with Crippen LogP contribution in [-0.2, 0) is 13.0 Å². The number of carbonyl (C=O) groups excluding carboxylic acids is 1. The van der Waals surface area contributed by atoms with Crippen molar-refractivity contribution in [3.05, 3.63) is 90.3 Å². The van der Waals surface area contributed by atoms with Gasteiger partial charge in [0.25, 0.3) is 0 Å². The van der Waals surface area contributed by atoms with E-state index in [0.717, 1.165) is 60.5 Å². The molecule has 0 bridgehead atoms. The van der Waals surface area contributed by atoms with Crippen molar-refractivity contribution in [2.45, 2.75) is 20.4 Å². The molecule has 1 aliphatic heterocycles. The third-order valence-corrected chi connectivity index (χ3v) is 7.23. The molecule has 9 nitrogen and oxygen atoms in total. The maximum Gasteiger partial charge on any atom is 0.185 e. The molecule has 1 aromatic carbocycles. The van der Waals surface area contributed by atoms with Gasteiger partial charge in [-0.2, -0.15) is 5.10 Å². The average Bonchev–Trinajstić information content (AvgIpc) is 3.55. The van der Waals surface area contributed by atoms with Gasteiger partial charge in [0.15, 0.2) is 5.78 Å². The Kier molecular flexibility index (Phi) is 7.99. The predicted molar refractivity (Wildman–Crippen MR) is 152 cm³/mol. The van der Waals surface area contributed by atoms with Gasteiger partial charge in [0.1, 0.15) is 23.7 Å². The van der Waals surface area contributed by atoms with Crippen LogP contribution < -0.4 is 4.74 Å². The van der Waals surface area contributed by atoms with Crippen molar-refractivity contribution in [1.29, 1.82) is 0 Å². The third-order valence-electron chi connectivity index (χ3n) is 7.23. The number of fused-ring (bicyclic) bond motifs is 2. The van der Waals surface area contributed by atoms with Gasteiger partial charge < -0.3 is 9.64 Å². The SMILES string of the molecule is C.CN1CCN(CCOc2ccn3c(C(=O)Cc4cccc5c4cnn5Cc4cccnc4)cnc3c2)CC1. The van der Waals surface area contributed by atoms with Crippen LogP contribution in [0.3, 0.4) is 0 Å². The van der Waals surface area contributed by atoms with Crippen LogP contribution in [0.2, 0.25) is 0 Å². The second-order valence-electron chi connectivity index (χ2n) is 9.84. The van der Waals surface area contributed by atoms with Gasteiger partial charge in [-0.05, 0) is 36.4 Å². The van der Waals surface area contributed by atoms with E-state index in [1.54, 1.807) is 12.4 Å². The molecular formula is C30H35N7O2. The van der Waals surface area contributed by atoms with Crippen LogP contribution >= 0.6 is 0 Å². The molecule has 0 atom stereocenters. The fraction of sp³-hybridized carbons (Fsp3) is 0.333. The highest BCUT2D eigenvalue weighted by atomic mass is 16.5. The van der Waals surface area contributed by atoms with E-state index < -0.39 is 0 Å². The van der Waals surface area contributed by atoms with E-state index in [4.69, 9.17) is 4.74 Å². The Balaban J connectivity index is 0.00000308. The highest BCUT2D eigenvalue weighted by Gasteiger charge is 2.17. The summed E-state index contributed by atoms with van der Waals surface area (Å²) >= 11 is 0. The number of carbonyl (C=O) groups is 1. The molecule has 6 rings (SSSR count). The minimum atomic E-state index is 0. The second kappa shape index (κ2) is 11.8. The minimum Gasteiger partial charge on any atom is -0.492 e. The van der Waals surface area contributed by atoms with Crippen molar-refractivity contribution in [2.24, 2.45) is 0 Å². The number of nitrogens with zero attached hydrogens (tertiary/aromatic N) is 7. The van der Waals surface area contributed by atoms with Gasteiger partial charge in [-0.25, -0.2) is 4.98 Å². The Morgan fingerprint density at radius 2 is 1.90 bits per heavy atom. The Bertz CT molecular complexity index is 1550. The summed E-state index contributed by atoms with van der Waals surface area (Å²) in [6.07, 6.45) is 9.24. The van der Waals surface area contributed by atoms with Crippen molar-refractivity contribution >= 4 is 22.3 Å². The number of piperazine rings is 1. The maximum atomic E-state index is 13.3. The molecule has 0 amide bonds. The van der Waals surface area contributed by atoms with E-state index >= 15 is 0 Å². The average molecular weight is 526 g/mol. The van der Waals surface area contributed by atoms with E-state index in [9.17, 15) is 4.79 Å². The number of hydrogen-bond acceptors (Lipinski definition) is 7. The van der Waals surface area contributed by atoms with Crippen LogP contribution in [0, 0.1) is 0 Å². The van der Waals surface area contributed by atoms with Crippen molar-refractivity contribution < 1.29 is 9.53 Å². The molecule has 0 N–H and O–H groups in total. The number of likely N-dealkylation sites (N-methyl/N-ethyl adjacent to an activating group) is 1. The molecule has 1 aliphatic rings. The first-order chi connectivity index (χ1) is 18.6. The molecule has 0 radical (unpaired) electrons. The van der Waals surface area contributed by atoms with E-state index in [0.29, 0.717) is 24.5 Å². The molecule has 4 aromatic heterocycles. The Morgan fingerprint density at radius 3 is 2.72 bits per heavy atom. The lowest BCUT2D eigenvalue weighted by Gasteiger charge is -2.32. The van der Waals surface area contributed by atoms with Crippen molar-refractivity contribution in [3.63, 3.8) is 0 Å². The van der Waals surface area contributed by atoms with Crippen LogP contribution in [-0.4, -0.2) is 86.1 Å². The minimum absolute atomic E-state index is 0. The first-order valence-electron chi connectivity index (χ1n) is 13.0. The summed E-state index contributed by atoms with van der Waals surface area (Å²) in [6, 6.07) is 13.8. The fourth-order valence-electron chi connectivity index (χ4n) is 4.99. The summed E-state index contributed by atoms with van der Waals surface area (Å²) in [5.74, 6) is 0.774. The standard InChI is InChI=1S/C29H31N7O2.CH4/c1-33-10-12-34(13-11-33)14-15-38-24-7-9-35-27(20-31-29(35)17-24)28(37)16-23-5-2-6-26-25(23)19-32-36(26)21-22-4-3-8-30-18-22;/h2-9,17-20H,10-16,21H2,1H3;1H4. The Morgan fingerprint density at radius 1 is 1.03 bits per heavy atom. The topological polar surface area (TPSA) is 80.8 Å². The first-order valence-corrected chi connectivity index (χ1v) is 13.0. The normalized spacial score (nSPS) is 14.5.